The van der Waals surface area contributed by atoms with Crippen molar-refractivity contribution >= 4 is 29.2 Å². The van der Waals surface area contributed by atoms with Gasteiger partial charge in [-0.15, -0.1) is 0 Å². The van der Waals surface area contributed by atoms with Crippen molar-refractivity contribution in [1.29, 1.82) is 0 Å². The minimum Gasteiger partial charge on any atom is -0.442 e. The van der Waals surface area contributed by atoms with Crippen LogP contribution in [0.15, 0.2) is 60.7 Å². The molecule has 2 aromatic carbocycles. The van der Waals surface area contributed by atoms with E-state index in [1.54, 1.807) is 42.5 Å². The summed E-state index contributed by atoms with van der Waals surface area (Å²) < 4.78 is 25.4. The minimum absolute atomic E-state index is 0.0626. The number of allylic oxidation sites excluding steroid dienone is 1. The quantitative estimate of drug-likeness (QED) is 0.512. The number of para-hydroxylation sites is 1. The van der Waals surface area contributed by atoms with Crippen molar-refractivity contribution in [1.82, 2.24) is 5.32 Å². The van der Waals surface area contributed by atoms with Gasteiger partial charge in [-0.25, -0.2) is 9.18 Å². The number of hydrogen-bond donors (Lipinski definition) is 1. The van der Waals surface area contributed by atoms with Gasteiger partial charge in [0.25, 0.3) is 0 Å². The molecular formula is C24H24FN3O5. The topological polar surface area (TPSA) is 88.2 Å². The number of cyclic esters (lactones) is 1. The molecule has 2 aliphatic heterocycles. The van der Waals surface area contributed by atoms with Gasteiger partial charge >= 0.3 is 6.09 Å². The molecule has 172 valence electrons. The Morgan fingerprint density at radius 3 is 2.58 bits per heavy atom. The SMILES string of the molecule is O=C(C=CC(=O)c1ccccc1)NC[C@H]1CN(c2cccc(F)c2N2CCOCC2)C(=O)O1. The van der Waals surface area contributed by atoms with Crippen LogP contribution in [-0.2, 0) is 14.3 Å². The summed E-state index contributed by atoms with van der Waals surface area (Å²) in [5.41, 5.74) is 1.24. The molecule has 0 unspecified atom stereocenters. The fraction of sp³-hybridized carbons (Fsp3) is 0.292. The molecule has 2 fully saturated rings. The van der Waals surface area contributed by atoms with Crippen molar-refractivity contribution in [3.05, 3.63) is 72.1 Å². The number of carbonyl (C=O) groups is 3. The summed E-state index contributed by atoms with van der Waals surface area (Å²) in [6, 6.07) is 13.2. The van der Waals surface area contributed by atoms with Crippen molar-refractivity contribution in [3.63, 3.8) is 0 Å². The van der Waals surface area contributed by atoms with Crippen LogP contribution in [0.5, 0.6) is 0 Å². The Labute approximate surface area is 190 Å². The zero-order chi connectivity index (χ0) is 23.2. The summed E-state index contributed by atoms with van der Waals surface area (Å²) >= 11 is 0. The molecule has 0 bridgehead atoms. The number of benzene rings is 2. The van der Waals surface area contributed by atoms with Crippen LogP contribution in [0, 0.1) is 5.82 Å². The van der Waals surface area contributed by atoms with Crippen LogP contribution >= 0.6 is 0 Å². The lowest BCUT2D eigenvalue weighted by Crippen LogP contribution is -2.38. The van der Waals surface area contributed by atoms with E-state index in [0.29, 0.717) is 43.2 Å². The number of amides is 2. The van der Waals surface area contributed by atoms with E-state index in [2.05, 4.69) is 5.32 Å². The van der Waals surface area contributed by atoms with Gasteiger partial charge in [0.05, 0.1) is 37.7 Å². The summed E-state index contributed by atoms with van der Waals surface area (Å²) in [7, 11) is 0. The average Bonchev–Trinajstić information content (AvgIpc) is 3.22. The molecule has 8 nitrogen and oxygen atoms in total. The van der Waals surface area contributed by atoms with Gasteiger partial charge in [0.15, 0.2) is 5.78 Å². The van der Waals surface area contributed by atoms with Crippen LogP contribution in [0.4, 0.5) is 20.6 Å². The maximum absolute atomic E-state index is 14.7. The van der Waals surface area contributed by atoms with Gasteiger partial charge in [-0.05, 0) is 18.2 Å². The maximum Gasteiger partial charge on any atom is 0.414 e. The highest BCUT2D eigenvalue weighted by Gasteiger charge is 2.35. The van der Waals surface area contributed by atoms with Crippen molar-refractivity contribution in [2.45, 2.75) is 6.10 Å². The fourth-order valence-corrected chi connectivity index (χ4v) is 3.77. The normalized spacial score (nSPS) is 18.5. The van der Waals surface area contributed by atoms with Crippen molar-refractivity contribution < 1.29 is 28.2 Å². The van der Waals surface area contributed by atoms with Gasteiger partial charge in [0.2, 0.25) is 5.91 Å². The monoisotopic (exact) mass is 453 g/mol. The molecule has 2 aliphatic rings. The molecule has 0 spiro atoms. The van der Waals surface area contributed by atoms with Gasteiger partial charge in [0.1, 0.15) is 11.9 Å². The molecule has 1 atom stereocenters. The molecule has 33 heavy (non-hydrogen) atoms. The minimum atomic E-state index is -0.611. The lowest BCUT2D eigenvalue weighted by molar-refractivity contribution is -0.116. The number of anilines is 2. The molecule has 2 heterocycles. The number of ketones is 1. The predicted octanol–water partition coefficient (Wildman–Crippen LogP) is 2.54. The second-order valence-electron chi connectivity index (χ2n) is 7.63. The third-order valence-electron chi connectivity index (χ3n) is 5.41. The van der Waals surface area contributed by atoms with E-state index in [0.717, 1.165) is 6.08 Å². The Balaban J connectivity index is 1.36. The van der Waals surface area contributed by atoms with E-state index in [9.17, 15) is 18.8 Å². The highest BCUT2D eigenvalue weighted by molar-refractivity contribution is 6.07. The van der Waals surface area contributed by atoms with Gasteiger partial charge in [-0.1, -0.05) is 36.4 Å². The molecule has 9 heteroatoms. The van der Waals surface area contributed by atoms with Gasteiger partial charge in [0, 0.05) is 24.7 Å². The maximum atomic E-state index is 14.7. The molecule has 2 saturated heterocycles. The molecular weight excluding hydrogens is 429 g/mol. The number of halogens is 1. The van der Waals surface area contributed by atoms with Gasteiger partial charge < -0.3 is 19.7 Å². The van der Waals surface area contributed by atoms with E-state index >= 15 is 0 Å². The van der Waals surface area contributed by atoms with E-state index in [1.165, 1.54) is 17.0 Å². The summed E-state index contributed by atoms with van der Waals surface area (Å²) in [6.07, 6.45) is 1.12. The van der Waals surface area contributed by atoms with Gasteiger partial charge in [-0.2, -0.15) is 0 Å². The molecule has 1 N–H and O–H groups in total. The van der Waals surface area contributed by atoms with E-state index < -0.39 is 23.9 Å². The number of hydrogen-bond acceptors (Lipinski definition) is 6. The third kappa shape index (κ3) is 5.38. The van der Waals surface area contributed by atoms with E-state index in [-0.39, 0.29) is 18.9 Å². The Hall–Kier alpha value is -3.72. The van der Waals surface area contributed by atoms with Crippen LogP contribution in [-0.4, -0.2) is 63.3 Å². The highest BCUT2D eigenvalue weighted by atomic mass is 19.1. The molecule has 2 aromatic rings. The summed E-state index contributed by atoms with van der Waals surface area (Å²) in [5, 5.41) is 2.63. The van der Waals surface area contributed by atoms with Crippen LogP contribution < -0.4 is 15.1 Å². The van der Waals surface area contributed by atoms with Gasteiger partial charge in [-0.3, -0.25) is 14.5 Å². The van der Waals surface area contributed by atoms with Crippen molar-refractivity contribution in [3.8, 4) is 0 Å². The van der Waals surface area contributed by atoms with Crippen molar-refractivity contribution in [2.75, 3.05) is 49.2 Å². The standard InChI is InChI=1S/C24H24FN3O5/c25-19-7-4-8-20(23(19)27-11-13-32-14-12-27)28-16-18(33-24(28)31)15-26-22(30)10-9-21(29)17-5-2-1-3-6-17/h1-10,18H,11-16H2,(H,26,30)/t18-/m0/s1. The molecule has 2 amide bonds. The summed E-state index contributed by atoms with van der Waals surface area (Å²) in [5.74, 6) is -1.19. The summed E-state index contributed by atoms with van der Waals surface area (Å²) in [6.45, 7) is 2.22. The number of nitrogens with zero attached hydrogens (tertiary/aromatic N) is 2. The predicted molar refractivity (Wildman–Crippen MR) is 120 cm³/mol. The van der Waals surface area contributed by atoms with Crippen molar-refractivity contribution in [2.24, 2.45) is 0 Å². The highest BCUT2D eigenvalue weighted by Crippen LogP contribution is 2.35. The zero-order valence-electron chi connectivity index (χ0n) is 17.9. The Bertz CT molecular complexity index is 1050. The summed E-state index contributed by atoms with van der Waals surface area (Å²) in [4.78, 5) is 39.9. The molecule has 0 aromatic heterocycles. The zero-order valence-corrected chi connectivity index (χ0v) is 17.9. The molecule has 0 aliphatic carbocycles. The molecule has 4 rings (SSSR count). The average molecular weight is 453 g/mol. The number of ether oxygens (including phenoxy) is 2. The number of carbonyl (C=O) groups excluding carboxylic acids is 3. The number of rotatable bonds is 7. The second-order valence-corrected chi connectivity index (χ2v) is 7.63. The lowest BCUT2D eigenvalue weighted by Gasteiger charge is -2.32. The Morgan fingerprint density at radius 2 is 1.82 bits per heavy atom. The Morgan fingerprint density at radius 1 is 1.06 bits per heavy atom. The number of morpholine rings is 1. The lowest BCUT2D eigenvalue weighted by atomic mass is 10.1. The first-order valence-electron chi connectivity index (χ1n) is 10.7. The largest absolute Gasteiger partial charge is 0.442 e. The first kappa shape index (κ1) is 22.5. The first-order chi connectivity index (χ1) is 16.0. The second kappa shape index (κ2) is 10.3. The van der Waals surface area contributed by atoms with Crippen LogP contribution in [0.25, 0.3) is 0 Å². The molecule has 0 radical (unpaired) electrons. The first-order valence-corrected chi connectivity index (χ1v) is 10.7. The van der Waals surface area contributed by atoms with E-state index in [1.807, 2.05) is 4.90 Å². The smallest absolute Gasteiger partial charge is 0.414 e. The van der Waals surface area contributed by atoms with Crippen LogP contribution in [0.1, 0.15) is 10.4 Å². The van der Waals surface area contributed by atoms with Crippen LogP contribution in [0.2, 0.25) is 0 Å². The van der Waals surface area contributed by atoms with Crippen LogP contribution in [0.3, 0.4) is 0 Å². The Kier molecular flexibility index (Phi) is 6.99. The molecule has 0 saturated carbocycles. The number of nitrogens with one attached hydrogen (secondary N) is 1. The van der Waals surface area contributed by atoms with E-state index in [4.69, 9.17) is 9.47 Å². The fourth-order valence-electron chi connectivity index (χ4n) is 3.77. The third-order valence-corrected chi connectivity index (χ3v) is 5.41.